The minimum Gasteiger partial charge on any atom is -0.376 e. The first-order valence-electron chi connectivity index (χ1n) is 6.37. The molecule has 0 aliphatic rings. The highest BCUT2D eigenvalue weighted by molar-refractivity contribution is 5.93. The maximum absolute atomic E-state index is 11.8. The Morgan fingerprint density at radius 1 is 1.18 bits per heavy atom. The number of carbonyl (C=O) groups excluding carboxylic acids is 1. The zero-order valence-corrected chi connectivity index (χ0v) is 11.4. The Morgan fingerprint density at radius 3 is 2.64 bits per heavy atom. The highest BCUT2D eigenvalue weighted by atomic mass is 16.6. The zero-order valence-electron chi connectivity index (χ0n) is 11.4. The van der Waals surface area contributed by atoms with Crippen LogP contribution in [0.2, 0.25) is 0 Å². The van der Waals surface area contributed by atoms with E-state index in [1.165, 1.54) is 18.2 Å². The van der Waals surface area contributed by atoms with Crippen molar-refractivity contribution in [3.8, 4) is 6.07 Å². The van der Waals surface area contributed by atoms with Gasteiger partial charge < -0.3 is 10.6 Å². The Balaban J connectivity index is 1.94. The maximum Gasteiger partial charge on any atom is 0.271 e. The molecule has 7 heteroatoms. The van der Waals surface area contributed by atoms with Crippen LogP contribution in [0.15, 0.2) is 48.5 Å². The van der Waals surface area contributed by atoms with Crippen molar-refractivity contribution >= 4 is 23.0 Å². The van der Waals surface area contributed by atoms with E-state index in [2.05, 4.69) is 10.6 Å². The third kappa shape index (κ3) is 4.05. The van der Waals surface area contributed by atoms with Gasteiger partial charge in [-0.15, -0.1) is 0 Å². The molecule has 2 rings (SSSR count). The Kier molecular flexibility index (Phi) is 4.67. The second-order valence-electron chi connectivity index (χ2n) is 4.40. The van der Waals surface area contributed by atoms with Gasteiger partial charge in [0, 0.05) is 23.5 Å². The van der Waals surface area contributed by atoms with Gasteiger partial charge in [-0.1, -0.05) is 12.1 Å². The quantitative estimate of drug-likeness (QED) is 0.651. The van der Waals surface area contributed by atoms with Gasteiger partial charge in [0.1, 0.15) is 0 Å². The summed E-state index contributed by atoms with van der Waals surface area (Å²) in [7, 11) is 0. The molecule has 0 radical (unpaired) electrons. The number of nitrogens with zero attached hydrogens (tertiary/aromatic N) is 2. The fourth-order valence-corrected chi connectivity index (χ4v) is 1.78. The fourth-order valence-electron chi connectivity index (χ4n) is 1.78. The van der Waals surface area contributed by atoms with E-state index in [0.717, 1.165) is 0 Å². The highest BCUT2D eigenvalue weighted by Gasteiger charge is 2.07. The van der Waals surface area contributed by atoms with E-state index in [1.807, 2.05) is 6.07 Å². The number of nitrogens with one attached hydrogen (secondary N) is 2. The number of carbonyl (C=O) groups is 1. The van der Waals surface area contributed by atoms with Crippen molar-refractivity contribution in [2.75, 3.05) is 17.2 Å². The lowest BCUT2D eigenvalue weighted by Gasteiger charge is -2.08. The number of anilines is 2. The van der Waals surface area contributed by atoms with Gasteiger partial charge in [-0.2, -0.15) is 5.26 Å². The molecule has 0 bridgehead atoms. The van der Waals surface area contributed by atoms with Gasteiger partial charge in [0.2, 0.25) is 5.91 Å². The molecule has 2 N–H and O–H groups in total. The first-order chi connectivity index (χ1) is 10.6. The van der Waals surface area contributed by atoms with Crippen molar-refractivity contribution in [3.63, 3.8) is 0 Å². The number of benzene rings is 2. The summed E-state index contributed by atoms with van der Waals surface area (Å²) in [5.41, 5.74) is 1.40. The normalized spacial score (nSPS) is 9.59. The minimum absolute atomic E-state index is 0.0437. The van der Waals surface area contributed by atoms with Crippen LogP contribution < -0.4 is 10.6 Å². The van der Waals surface area contributed by atoms with Crippen LogP contribution in [0.5, 0.6) is 0 Å². The zero-order chi connectivity index (χ0) is 15.9. The lowest BCUT2D eigenvalue weighted by molar-refractivity contribution is -0.384. The van der Waals surface area contributed by atoms with Crippen molar-refractivity contribution in [3.05, 3.63) is 64.2 Å². The van der Waals surface area contributed by atoms with Crippen LogP contribution in [0.1, 0.15) is 5.56 Å². The number of hydrogen-bond acceptors (Lipinski definition) is 5. The van der Waals surface area contributed by atoms with Crippen LogP contribution in [0.25, 0.3) is 0 Å². The SMILES string of the molecule is N#Cc1cccc(NC(=O)CNc2cccc([N+](=O)[O-])c2)c1. The molecule has 110 valence electrons. The predicted molar refractivity (Wildman–Crippen MR) is 81.4 cm³/mol. The summed E-state index contributed by atoms with van der Waals surface area (Å²) in [5, 5.41) is 24.9. The monoisotopic (exact) mass is 296 g/mol. The number of rotatable bonds is 5. The summed E-state index contributed by atoms with van der Waals surface area (Å²) in [6.45, 7) is -0.0437. The Morgan fingerprint density at radius 2 is 1.91 bits per heavy atom. The van der Waals surface area contributed by atoms with Crippen LogP contribution in [0, 0.1) is 21.4 Å². The van der Waals surface area contributed by atoms with Gasteiger partial charge in [0.05, 0.1) is 23.1 Å². The second kappa shape index (κ2) is 6.85. The fraction of sp³-hybridized carbons (Fsp3) is 0.0667. The summed E-state index contributed by atoms with van der Waals surface area (Å²) < 4.78 is 0. The van der Waals surface area contributed by atoms with E-state index in [9.17, 15) is 14.9 Å². The molecule has 0 saturated carbocycles. The molecule has 0 heterocycles. The molecular formula is C15H12N4O3. The number of hydrogen-bond donors (Lipinski definition) is 2. The third-order valence-corrected chi connectivity index (χ3v) is 2.79. The lowest BCUT2D eigenvalue weighted by atomic mass is 10.2. The Hall–Kier alpha value is -3.40. The van der Waals surface area contributed by atoms with Gasteiger partial charge >= 0.3 is 0 Å². The average Bonchev–Trinajstić information content (AvgIpc) is 2.53. The van der Waals surface area contributed by atoms with E-state index in [4.69, 9.17) is 5.26 Å². The molecule has 0 saturated heterocycles. The molecule has 0 unspecified atom stereocenters. The standard InChI is InChI=1S/C15H12N4O3/c16-9-11-3-1-5-13(7-11)18-15(20)10-17-12-4-2-6-14(8-12)19(21)22/h1-8,17H,10H2,(H,18,20). The summed E-state index contributed by atoms with van der Waals surface area (Å²) in [5.74, 6) is -0.318. The average molecular weight is 296 g/mol. The molecule has 1 amide bonds. The van der Waals surface area contributed by atoms with Crippen molar-refractivity contribution in [1.82, 2.24) is 0 Å². The molecular weight excluding hydrogens is 284 g/mol. The van der Waals surface area contributed by atoms with E-state index in [-0.39, 0.29) is 18.1 Å². The highest BCUT2D eigenvalue weighted by Crippen LogP contribution is 2.16. The number of nitro groups is 1. The van der Waals surface area contributed by atoms with Crippen molar-refractivity contribution in [2.45, 2.75) is 0 Å². The van der Waals surface area contributed by atoms with Gasteiger partial charge in [0.15, 0.2) is 0 Å². The lowest BCUT2D eigenvalue weighted by Crippen LogP contribution is -2.21. The van der Waals surface area contributed by atoms with Gasteiger partial charge in [0.25, 0.3) is 5.69 Å². The molecule has 2 aromatic rings. The number of non-ortho nitro benzene ring substituents is 1. The van der Waals surface area contributed by atoms with Gasteiger partial charge in [-0.05, 0) is 24.3 Å². The van der Waals surface area contributed by atoms with Crippen LogP contribution in [-0.4, -0.2) is 17.4 Å². The smallest absolute Gasteiger partial charge is 0.271 e. The van der Waals surface area contributed by atoms with E-state index in [0.29, 0.717) is 16.9 Å². The molecule has 0 aliphatic heterocycles. The molecule has 0 atom stereocenters. The molecule has 0 spiro atoms. The number of nitro benzene ring substituents is 1. The summed E-state index contributed by atoms with van der Waals surface area (Å²) in [6.07, 6.45) is 0. The first-order valence-corrected chi connectivity index (χ1v) is 6.37. The topological polar surface area (TPSA) is 108 Å². The van der Waals surface area contributed by atoms with Crippen LogP contribution in [0.4, 0.5) is 17.1 Å². The molecule has 0 aliphatic carbocycles. The van der Waals surface area contributed by atoms with Crippen molar-refractivity contribution in [1.29, 1.82) is 5.26 Å². The molecule has 0 fully saturated rings. The Labute approximate surface area is 126 Å². The summed E-state index contributed by atoms with van der Waals surface area (Å²) in [6, 6.07) is 14.4. The summed E-state index contributed by atoms with van der Waals surface area (Å²) in [4.78, 5) is 22.0. The van der Waals surface area contributed by atoms with E-state index >= 15 is 0 Å². The molecule has 7 nitrogen and oxygen atoms in total. The van der Waals surface area contributed by atoms with E-state index in [1.54, 1.807) is 30.3 Å². The predicted octanol–water partition coefficient (Wildman–Crippen LogP) is 2.52. The summed E-state index contributed by atoms with van der Waals surface area (Å²) >= 11 is 0. The molecule has 2 aromatic carbocycles. The molecule has 0 aromatic heterocycles. The van der Waals surface area contributed by atoms with Crippen LogP contribution in [-0.2, 0) is 4.79 Å². The largest absolute Gasteiger partial charge is 0.376 e. The second-order valence-corrected chi connectivity index (χ2v) is 4.40. The Bertz CT molecular complexity index is 752. The van der Waals surface area contributed by atoms with Crippen LogP contribution in [0.3, 0.4) is 0 Å². The minimum atomic E-state index is -0.501. The van der Waals surface area contributed by atoms with Gasteiger partial charge in [-0.3, -0.25) is 14.9 Å². The molecule has 22 heavy (non-hydrogen) atoms. The number of nitriles is 1. The third-order valence-electron chi connectivity index (χ3n) is 2.79. The van der Waals surface area contributed by atoms with Crippen LogP contribution >= 0.6 is 0 Å². The number of amides is 1. The van der Waals surface area contributed by atoms with E-state index < -0.39 is 4.92 Å². The van der Waals surface area contributed by atoms with Crippen molar-refractivity contribution in [2.24, 2.45) is 0 Å². The first kappa shape index (κ1) is 15.0. The van der Waals surface area contributed by atoms with Crippen molar-refractivity contribution < 1.29 is 9.72 Å². The van der Waals surface area contributed by atoms with Gasteiger partial charge in [-0.25, -0.2) is 0 Å². The maximum atomic E-state index is 11.8.